The van der Waals surface area contributed by atoms with E-state index in [1.807, 2.05) is 13.0 Å². The van der Waals surface area contributed by atoms with Crippen LogP contribution in [0, 0.1) is 17.8 Å². The Labute approximate surface area is 208 Å². The third-order valence-corrected chi connectivity index (χ3v) is 8.00. The van der Waals surface area contributed by atoms with Crippen LogP contribution in [0.5, 0.6) is 11.5 Å². The number of halogens is 1. The molecule has 5 rings (SSSR count). The first kappa shape index (κ1) is 23.5. The molecule has 4 aliphatic rings. The molecule has 1 aliphatic heterocycles. The van der Waals surface area contributed by atoms with Crippen molar-refractivity contribution in [2.24, 2.45) is 17.8 Å². The van der Waals surface area contributed by atoms with Crippen molar-refractivity contribution in [3.05, 3.63) is 57.2 Å². The maximum absolute atomic E-state index is 13.4. The molecule has 1 fully saturated rings. The molecule has 8 heteroatoms. The number of amides is 2. The van der Waals surface area contributed by atoms with E-state index >= 15 is 0 Å². The highest BCUT2D eigenvalue weighted by Gasteiger charge is 2.56. The second-order valence-electron chi connectivity index (χ2n) is 9.61. The molecule has 0 spiro atoms. The number of ketones is 2. The summed E-state index contributed by atoms with van der Waals surface area (Å²) < 4.78 is 5.30. The third kappa shape index (κ3) is 3.39. The number of likely N-dealkylation sites (tertiary alicyclic amines) is 1. The molecule has 4 atom stereocenters. The molecule has 1 saturated heterocycles. The second-order valence-corrected chi connectivity index (χ2v) is 10.0. The Balaban J connectivity index is 1.70. The number of imide groups is 1. The predicted octanol–water partition coefficient (Wildman–Crippen LogP) is 3.89. The fourth-order valence-electron chi connectivity index (χ4n) is 6.17. The van der Waals surface area contributed by atoms with Gasteiger partial charge in [-0.1, -0.05) is 30.2 Å². The first-order valence-electron chi connectivity index (χ1n) is 11.8. The maximum atomic E-state index is 13.4. The fraction of sp³-hybridized carbons (Fsp3) is 0.407. The standard InChI is InChI=1S/C27H26ClNO6/c1-4-7-29-26(33)15-6-5-14-16(22(15)27(29)34)11-17-19(30)8-12(2)24(31)23(17)21(14)13-9-18(28)25(32)20(10-13)35-3/h5,8-10,15-16,21-22,32H,4,6-7,11H2,1-3H3/t15-,16+,21-,22-/m0/s1. The number of aromatic hydroxyl groups is 1. The zero-order chi connectivity index (χ0) is 25.2. The summed E-state index contributed by atoms with van der Waals surface area (Å²) in [5.41, 5.74) is 2.53. The van der Waals surface area contributed by atoms with Gasteiger partial charge < -0.3 is 9.84 Å². The van der Waals surface area contributed by atoms with Crippen LogP contribution in [0.2, 0.25) is 5.02 Å². The Morgan fingerprint density at radius 2 is 1.89 bits per heavy atom. The number of benzene rings is 1. The minimum atomic E-state index is -0.639. The summed E-state index contributed by atoms with van der Waals surface area (Å²) in [4.78, 5) is 54.3. The van der Waals surface area contributed by atoms with Gasteiger partial charge in [0.05, 0.1) is 24.0 Å². The number of allylic oxidation sites excluding steroid dienone is 6. The lowest BCUT2D eigenvalue weighted by atomic mass is 9.59. The minimum Gasteiger partial charge on any atom is -0.503 e. The summed E-state index contributed by atoms with van der Waals surface area (Å²) in [5, 5.41) is 10.3. The fourth-order valence-corrected chi connectivity index (χ4v) is 6.39. The summed E-state index contributed by atoms with van der Waals surface area (Å²) in [7, 11) is 1.40. The molecule has 0 aromatic heterocycles. The topological polar surface area (TPSA) is 101 Å². The van der Waals surface area contributed by atoms with Crippen LogP contribution in [0.1, 0.15) is 44.6 Å². The highest BCUT2D eigenvalue weighted by molar-refractivity contribution is 6.32. The van der Waals surface area contributed by atoms with Crippen molar-refractivity contribution < 1.29 is 29.0 Å². The van der Waals surface area contributed by atoms with Crippen LogP contribution in [0.3, 0.4) is 0 Å². The van der Waals surface area contributed by atoms with Gasteiger partial charge in [-0.2, -0.15) is 0 Å². The lowest BCUT2D eigenvalue weighted by Gasteiger charge is -2.42. The minimum absolute atomic E-state index is 0.0565. The van der Waals surface area contributed by atoms with E-state index in [0.717, 1.165) is 5.57 Å². The van der Waals surface area contributed by atoms with E-state index in [4.69, 9.17) is 16.3 Å². The number of phenols is 1. The van der Waals surface area contributed by atoms with Crippen LogP contribution in [-0.4, -0.2) is 47.0 Å². The van der Waals surface area contributed by atoms with E-state index in [0.29, 0.717) is 41.7 Å². The Kier molecular flexibility index (Phi) is 5.71. The quantitative estimate of drug-likeness (QED) is 0.386. The average molecular weight is 496 g/mol. The van der Waals surface area contributed by atoms with Crippen molar-refractivity contribution in [3.8, 4) is 11.5 Å². The van der Waals surface area contributed by atoms with E-state index in [9.17, 15) is 24.3 Å². The Morgan fingerprint density at radius 3 is 2.57 bits per heavy atom. The molecule has 1 N–H and O–H groups in total. The molecule has 2 amide bonds. The van der Waals surface area contributed by atoms with Gasteiger partial charge in [-0.05, 0) is 55.9 Å². The number of hydrogen-bond donors (Lipinski definition) is 1. The van der Waals surface area contributed by atoms with Crippen LogP contribution in [0.4, 0.5) is 0 Å². The number of methoxy groups -OCH3 is 1. The summed E-state index contributed by atoms with van der Waals surface area (Å²) in [6.45, 7) is 3.90. The molecule has 3 aliphatic carbocycles. The molecule has 1 aromatic rings. The predicted molar refractivity (Wildman–Crippen MR) is 128 cm³/mol. The molecule has 182 valence electrons. The SMILES string of the molecule is CCCN1C(=O)[C@H]2[C@H](CC=C3[C@H](c4cc(Cl)c(O)c(OC)c4)C4=C(C[C@H]32)C(=O)C=C(C)C4=O)C1=O. The van der Waals surface area contributed by atoms with Crippen molar-refractivity contribution in [2.45, 2.75) is 39.0 Å². The van der Waals surface area contributed by atoms with E-state index in [-0.39, 0.29) is 46.3 Å². The number of hydrogen-bond acceptors (Lipinski definition) is 6. The van der Waals surface area contributed by atoms with Gasteiger partial charge in [0.2, 0.25) is 11.8 Å². The van der Waals surface area contributed by atoms with E-state index in [2.05, 4.69) is 0 Å². The highest BCUT2D eigenvalue weighted by atomic mass is 35.5. The van der Waals surface area contributed by atoms with Crippen LogP contribution in [0.25, 0.3) is 0 Å². The number of rotatable bonds is 4. The molecule has 0 radical (unpaired) electrons. The summed E-state index contributed by atoms with van der Waals surface area (Å²) in [5.74, 6) is -2.98. The first-order chi connectivity index (χ1) is 16.7. The molecule has 1 aromatic carbocycles. The Morgan fingerprint density at radius 1 is 1.14 bits per heavy atom. The van der Waals surface area contributed by atoms with Gasteiger partial charge in [-0.25, -0.2) is 0 Å². The van der Waals surface area contributed by atoms with Crippen molar-refractivity contribution >= 4 is 35.0 Å². The second kappa shape index (κ2) is 8.48. The lowest BCUT2D eigenvalue weighted by molar-refractivity contribution is -0.140. The number of fused-ring (bicyclic) bond motifs is 3. The van der Waals surface area contributed by atoms with Crippen molar-refractivity contribution in [1.82, 2.24) is 4.90 Å². The monoisotopic (exact) mass is 495 g/mol. The summed E-state index contributed by atoms with van der Waals surface area (Å²) in [6.07, 6.45) is 4.60. The lowest BCUT2D eigenvalue weighted by Crippen LogP contribution is -2.39. The molecular weight excluding hydrogens is 470 g/mol. The van der Waals surface area contributed by atoms with E-state index in [1.165, 1.54) is 18.1 Å². The van der Waals surface area contributed by atoms with Crippen molar-refractivity contribution in [2.75, 3.05) is 13.7 Å². The first-order valence-corrected chi connectivity index (χ1v) is 12.2. The van der Waals surface area contributed by atoms with Gasteiger partial charge in [-0.3, -0.25) is 24.1 Å². The van der Waals surface area contributed by atoms with Gasteiger partial charge >= 0.3 is 0 Å². The van der Waals surface area contributed by atoms with Crippen molar-refractivity contribution in [1.29, 1.82) is 0 Å². The smallest absolute Gasteiger partial charge is 0.233 e. The van der Waals surface area contributed by atoms with Crippen LogP contribution < -0.4 is 4.74 Å². The number of carbonyl (C=O) groups is 4. The number of nitrogens with zero attached hydrogens (tertiary/aromatic N) is 1. The zero-order valence-corrected chi connectivity index (χ0v) is 20.5. The molecule has 0 saturated carbocycles. The van der Waals surface area contributed by atoms with Gasteiger partial charge in [0.25, 0.3) is 0 Å². The Hall–Kier alpha value is -3.19. The molecule has 0 unspecified atom stereocenters. The number of phenolic OH excluding ortho intramolecular Hbond substituents is 1. The van der Waals surface area contributed by atoms with Crippen molar-refractivity contribution in [3.63, 3.8) is 0 Å². The van der Waals surface area contributed by atoms with Gasteiger partial charge in [0, 0.05) is 29.2 Å². The number of ether oxygens (including phenoxy) is 1. The van der Waals surface area contributed by atoms with E-state index < -0.39 is 23.7 Å². The molecule has 35 heavy (non-hydrogen) atoms. The van der Waals surface area contributed by atoms with Gasteiger partial charge in [0.15, 0.2) is 23.1 Å². The van der Waals surface area contributed by atoms with Crippen LogP contribution >= 0.6 is 11.6 Å². The summed E-state index contributed by atoms with van der Waals surface area (Å²) in [6, 6.07) is 3.18. The van der Waals surface area contributed by atoms with E-state index in [1.54, 1.807) is 19.1 Å². The van der Waals surface area contributed by atoms with Crippen LogP contribution in [-0.2, 0) is 19.2 Å². The molecule has 7 nitrogen and oxygen atoms in total. The highest BCUT2D eigenvalue weighted by Crippen LogP contribution is 2.56. The molecular formula is C27H26ClNO6. The number of carbonyl (C=O) groups excluding carboxylic acids is 4. The zero-order valence-electron chi connectivity index (χ0n) is 19.8. The normalized spacial score (nSPS) is 27.9. The van der Waals surface area contributed by atoms with Gasteiger partial charge in [-0.15, -0.1) is 0 Å². The summed E-state index contributed by atoms with van der Waals surface area (Å²) >= 11 is 6.31. The Bertz CT molecular complexity index is 1290. The van der Waals surface area contributed by atoms with Crippen LogP contribution in [0.15, 0.2) is 46.6 Å². The average Bonchev–Trinajstić information content (AvgIpc) is 3.08. The third-order valence-electron chi connectivity index (χ3n) is 7.71. The maximum Gasteiger partial charge on any atom is 0.233 e. The largest absolute Gasteiger partial charge is 0.503 e. The molecule has 0 bridgehead atoms. The molecule has 1 heterocycles. The van der Waals surface area contributed by atoms with Gasteiger partial charge in [0.1, 0.15) is 0 Å². The number of Topliss-reactive ketones (excluding diaryl/α,β-unsaturated/α-hetero) is 1.